The van der Waals surface area contributed by atoms with Gasteiger partial charge < -0.3 is 10.1 Å². The molecule has 4 aromatic rings. The summed E-state index contributed by atoms with van der Waals surface area (Å²) in [7, 11) is 1.58. The SMILES string of the molecule is CCNc1nc2cc(OC)c(Cl)cc2nc1-c1cnn(Cc2ccccc2)c1. The molecule has 2 heterocycles. The quantitative estimate of drug-likeness (QED) is 0.517. The predicted octanol–water partition coefficient (Wildman–Crippen LogP) is 4.64. The van der Waals surface area contributed by atoms with E-state index in [9.17, 15) is 0 Å². The first-order valence-electron chi connectivity index (χ1n) is 9.04. The average Bonchev–Trinajstić information content (AvgIpc) is 3.16. The molecular formula is C21H20ClN5O. The Labute approximate surface area is 168 Å². The molecule has 0 radical (unpaired) electrons. The molecule has 1 N–H and O–H groups in total. The summed E-state index contributed by atoms with van der Waals surface area (Å²) < 4.78 is 7.19. The van der Waals surface area contributed by atoms with Crippen molar-refractivity contribution in [2.75, 3.05) is 19.0 Å². The van der Waals surface area contributed by atoms with Crippen molar-refractivity contribution in [1.82, 2.24) is 19.7 Å². The smallest absolute Gasteiger partial charge is 0.153 e. The third-order valence-corrected chi connectivity index (χ3v) is 4.67. The fourth-order valence-corrected chi connectivity index (χ4v) is 3.28. The number of aromatic nitrogens is 4. The zero-order valence-corrected chi connectivity index (χ0v) is 16.4. The van der Waals surface area contributed by atoms with Crippen LogP contribution in [0.25, 0.3) is 22.3 Å². The fraction of sp³-hybridized carbons (Fsp3) is 0.190. The van der Waals surface area contributed by atoms with Gasteiger partial charge >= 0.3 is 0 Å². The Kier molecular flexibility index (Phi) is 5.12. The first-order chi connectivity index (χ1) is 13.7. The maximum absolute atomic E-state index is 6.27. The number of fused-ring (bicyclic) bond motifs is 1. The molecule has 0 spiro atoms. The summed E-state index contributed by atoms with van der Waals surface area (Å²) in [6.45, 7) is 3.45. The molecule has 0 aliphatic heterocycles. The first kappa shape index (κ1) is 18.3. The Morgan fingerprint density at radius 1 is 1.11 bits per heavy atom. The molecular weight excluding hydrogens is 374 g/mol. The van der Waals surface area contributed by atoms with E-state index in [2.05, 4.69) is 22.5 Å². The van der Waals surface area contributed by atoms with Gasteiger partial charge in [-0.3, -0.25) is 4.68 Å². The molecule has 0 aliphatic carbocycles. The topological polar surface area (TPSA) is 64.9 Å². The highest BCUT2D eigenvalue weighted by Gasteiger charge is 2.15. The summed E-state index contributed by atoms with van der Waals surface area (Å²) in [5, 5.41) is 8.29. The minimum atomic E-state index is 0.506. The molecule has 0 saturated heterocycles. The summed E-state index contributed by atoms with van der Waals surface area (Å²) in [6, 6.07) is 13.8. The predicted molar refractivity (Wildman–Crippen MR) is 112 cm³/mol. The molecule has 0 saturated carbocycles. The summed E-state index contributed by atoms with van der Waals surface area (Å²) in [6.07, 6.45) is 3.79. The van der Waals surface area contributed by atoms with Crippen LogP contribution in [0.4, 0.5) is 5.82 Å². The Morgan fingerprint density at radius 3 is 2.64 bits per heavy atom. The van der Waals surface area contributed by atoms with Gasteiger partial charge in [0.2, 0.25) is 0 Å². The number of anilines is 1. The minimum absolute atomic E-state index is 0.506. The number of nitrogens with one attached hydrogen (secondary N) is 1. The number of halogens is 1. The molecule has 4 rings (SSSR count). The van der Waals surface area contributed by atoms with Gasteiger partial charge in [-0.05, 0) is 18.6 Å². The zero-order chi connectivity index (χ0) is 19.5. The van der Waals surface area contributed by atoms with E-state index >= 15 is 0 Å². The van der Waals surface area contributed by atoms with E-state index in [0.29, 0.717) is 28.7 Å². The van der Waals surface area contributed by atoms with Gasteiger partial charge in [0.05, 0.1) is 35.9 Å². The molecule has 2 aromatic heterocycles. The maximum Gasteiger partial charge on any atom is 0.153 e. The van der Waals surface area contributed by atoms with Gasteiger partial charge in [-0.1, -0.05) is 41.9 Å². The van der Waals surface area contributed by atoms with Gasteiger partial charge in [0, 0.05) is 24.4 Å². The molecule has 6 nitrogen and oxygen atoms in total. The molecule has 28 heavy (non-hydrogen) atoms. The van der Waals surface area contributed by atoms with Gasteiger partial charge in [-0.25, -0.2) is 9.97 Å². The Hall–Kier alpha value is -3.12. The zero-order valence-electron chi connectivity index (χ0n) is 15.7. The van der Waals surface area contributed by atoms with E-state index in [1.165, 1.54) is 5.56 Å². The van der Waals surface area contributed by atoms with E-state index in [4.69, 9.17) is 26.3 Å². The summed E-state index contributed by atoms with van der Waals surface area (Å²) in [4.78, 5) is 9.54. The Balaban J connectivity index is 1.75. The second-order valence-corrected chi connectivity index (χ2v) is 6.75. The van der Waals surface area contributed by atoms with Gasteiger partial charge in [-0.2, -0.15) is 5.10 Å². The largest absolute Gasteiger partial charge is 0.495 e. The van der Waals surface area contributed by atoms with E-state index in [0.717, 1.165) is 23.3 Å². The van der Waals surface area contributed by atoms with Crippen molar-refractivity contribution in [2.45, 2.75) is 13.5 Å². The van der Waals surface area contributed by atoms with E-state index < -0.39 is 0 Å². The first-order valence-corrected chi connectivity index (χ1v) is 9.41. The maximum atomic E-state index is 6.27. The second-order valence-electron chi connectivity index (χ2n) is 6.34. The Morgan fingerprint density at radius 2 is 1.89 bits per heavy atom. The number of methoxy groups -OCH3 is 1. The third kappa shape index (κ3) is 3.64. The monoisotopic (exact) mass is 393 g/mol. The van der Waals surface area contributed by atoms with Gasteiger partial charge in [0.1, 0.15) is 11.4 Å². The van der Waals surface area contributed by atoms with Crippen molar-refractivity contribution >= 4 is 28.5 Å². The molecule has 0 fully saturated rings. The number of ether oxygens (including phenoxy) is 1. The highest BCUT2D eigenvalue weighted by Crippen LogP contribution is 2.32. The minimum Gasteiger partial charge on any atom is -0.495 e. The Bertz CT molecular complexity index is 1110. The highest BCUT2D eigenvalue weighted by atomic mass is 35.5. The highest BCUT2D eigenvalue weighted by molar-refractivity contribution is 6.32. The van der Waals surface area contributed by atoms with Crippen LogP contribution in [-0.2, 0) is 6.54 Å². The van der Waals surface area contributed by atoms with Crippen LogP contribution in [-0.4, -0.2) is 33.4 Å². The average molecular weight is 394 g/mol. The molecule has 0 unspecified atom stereocenters. The molecule has 0 aliphatic rings. The van der Waals surface area contributed by atoms with E-state index in [1.807, 2.05) is 42.2 Å². The summed E-state index contributed by atoms with van der Waals surface area (Å²) in [5.41, 5.74) is 4.26. The summed E-state index contributed by atoms with van der Waals surface area (Å²) >= 11 is 6.27. The van der Waals surface area contributed by atoms with Gasteiger partial charge in [0.15, 0.2) is 5.82 Å². The van der Waals surface area contributed by atoms with Crippen LogP contribution in [0, 0.1) is 0 Å². The molecule has 2 aromatic carbocycles. The second kappa shape index (κ2) is 7.86. The van der Waals surface area contributed by atoms with Gasteiger partial charge in [0.25, 0.3) is 0 Å². The lowest BCUT2D eigenvalue weighted by molar-refractivity contribution is 0.415. The lowest BCUT2D eigenvalue weighted by Crippen LogP contribution is -2.04. The van der Waals surface area contributed by atoms with Gasteiger partial charge in [-0.15, -0.1) is 0 Å². The van der Waals surface area contributed by atoms with Crippen molar-refractivity contribution < 1.29 is 4.74 Å². The van der Waals surface area contributed by atoms with Crippen molar-refractivity contribution in [2.24, 2.45) is 0 Å². The third-order valence-electron chi connectivity index (χ3n) is 4.38. The number of hydrogen-bond donors (Lipinski definition) is 1. The van der Waals surface area contributed by atoms with Crippen LogP contribution in [0.3, 0.4) is 0 Å². The van der Waals surface area contributed by atoms with Crippen LogP contribution in [0.15, 0.2) is 54.9 Å². The molecule has 0 amide bonds. The molecule has 7 heteroatoms. The van der Waals surface area contributed by atoms with Crippen LogP contribution in [0.2, 0.25) is 5.02 Å². The standard InChI is InChI=1S/C21H20ClN5O/c1-3-23-21-20(25-17-9-16(22)19(28-2)10-18(17)26-21)15-11-24-27(13-15)12-14-7-5-4-6-8-14/h4-11,13H,3,12H2,1-2H3,(H,23,26). The van der Waals surface area contributed by atoms with Crippen molar-refractivity contribution in [3.63, 3.8) is 0 Å². The van der Waals surface area contributed by atoms with E-state index in [1.54, 1.807) is 19.2 Å². The van der Waals surface area contributed by atoms with Crippen LogP contribution in [0.5, 0.6) is 5.75 Å². The fourth-order valence-electron chi connectivity index (χ4n) is 3.05. The van der Waals surface area contributed by atoms with Crippen molar-refractivity contribution in [3.8, 4) is 17.0 Å². The molecule has 0 bridgehead atoms. The van der Waals surface area contributed by atoms with Crippen LogP contribution in [0.1, 0.15) is 12.5 Å². The van der Waals surface area contributed by atoms with Crippen molar-refractivity contribution in [1.29, 1.82) is 0 Å². The number of benzene rings is 2. The number of nitrogens with zero attached hydrogens (tertiary/aromatic N) is 4. The normalized spacial score (nSPS) is 11.0. The van der Waals surface area contributed by atoms with E-state index in [-0.39, 0.29) is 0 Å². The molecule has 142 valence electrons. The lowest BCUT2D eigenvalue weighted by Gasteiger charge is -2.11. The van der Waals surface area contributed by atoms with Crippen LogP contribution < -0.4 is 10.1 Å². The van der Waals surface area contributed by atoms with Crippen molar-refractivity contribution in [3.05, 3.63) is 65.4 Å². The number of rotatable bonds is 6. The summed E-state index contributed by atoms with van der Waals surface area (Å²) in [5.74, 6) is 1.29. The number of hydrogen-bond acceptors (Lipinski definition) is 5. The lowest BCUT2D eigenvalue weighted by atomic mass is 10.2. The molecule has 0 atom stereocenters. The van der Waals surface area contributed by atoms with Crippen LogP contribution >= 0.6 is 11.6 Å².